The Kier molecular flexibility index (Phi) is 7.32. The number of nitrogens with one attached hydrogen (secondary N) is 4. The largest absolute Gasteiger partial charge is 0.355 e. The number of fused-ring (bicyclic) bond motifs is 3. The molecule has 2 aromatic carbocycles. The number of likely N-dealkylation sites (tertiary alicyclic amines) is 1. The second-order valence-electron chi connectivity index (χ2n) is 10.2. The van der Waals surface area contributed by atoms with Crippen molar-refractivity contribution in [3.05, 3.63) is 64.5 Å². The van der Waals surface area contributed by atoms with Crippen molar-refractivity contribution in [1.82, 2.24) is 41.5 Å². The zero-order valence-electron chi connectivity index (χ0n) is 22.6. The van der Waals surface area contributed by atoms with Gasteiger partial charge in [0.1, 0.15) is 6.04 Å². The minimum Gasteiger partial charge on any atom is -0.355 e. The highest BCUT2D eigenvalue weighted by Gasteiger charge is 2.49. The lowest BCUT2D eigenvalue weighted by Crippen LogP contribution is -2.45. The van der Waals surface area contributed by atoms with E-state index in [1.54, 1.807) is 31.1 Å². The molecule has 40 heavy (non-hydrogen) atoms. The van der Waals surface area contributed by atoms with E-state index in [4.69, 9.17) is 0 Å². The molecule has 1 saturated heterocycles. The lowest BCUT2D eigenvalue weighted by atomic mass is 9.72. The molecule has 3 aromatic rings. The first-order chi connectivity index (χ1) is 19.3. The van der Waals surface area contributed by atoms with Crippen LogP contribution in [0.4, 0.5) is 0 Å². The third-order valence-corrected chi connectivity index (χ3v) is 7.89. The fourth-order valence-electron chi connectivity index (χ4n) is 5.98. The second-order valence-corrected chi connectivity index (χ2v) is 10.2. The van der Waals surface area contributed by atoms with E-state index in [2.05, 4.69) is 42.6 Å². The van der Waals surface area contributed by atoms with E-state index >= 15 is 0 Å². The summed E-state index contributed by atoms with van der Waals surface area (Å²) in [4.78, 5) is 39.6. The van der Waals surface area contributed by atoms with E-state index in [-0.39, 0.29) is 36.3 Å². The summed E-state index contributed by atoms with van der Waals surface area (Å²) in [7, 11) is 3.15. The third kappa shape index (κ3) is 4.48. The van der Waals surface area contributed by atoms with Crippen LogP contribution in [0.1, 0.15) is 63.9 Å². The van der Waals surface area contributed by atoms with E-state index in [0.29, 0.717) is 36.3 Å². The van der Waals surface area contributed by atoms with Crippen molar-refractivity contribution in [2.24, 2.45) is 0 Å². The van der Waals surface area contributed by atoms with Gasteiger partial charge < -0.3 is 20.9 Å². The Balaban J connectivity index is 1.56. The minimum atomic E-state index is -0.877. The highest BCUT2D eigenvalue weighted by atomic mass is 16.2. The average Bonchev–Trinajstić information content (AvgIpc) is 3.74. The number of carbonyl (C=O) groups is 3. The van der Waals surface area contributed by atoms with E-state index in [1.807, 2.05) is 31.2 Å². The van der Waals surface area contributed by atoms with Crippen molar-refractivity contribution in [3.63, 3.8) is 0 Å². The maximum atomic E-state index is 12.9. The van der Waals surface area contributed by atoms with Crippen molar-refractivity contribution >= 4 is 17.7 Å². The molecule has 0 saturated carbocycles. The number of hydrogen-bond donors (Lipinski definition) is 4. The molecule has 0 radical (unpaired) electrons. The first-order valence-electron chi connectivity index (χ1n) is 13.2. The number of tetrazole rings is 1. The summed E-state index contributed by atoms with van der Waals surface area (Å²) in [5.74, 6) is -0.121. The summed E-state index contributed by atoms with van der Waals surface area (Å²) in [6.45, 7) is 2.66. The number of carbonyl (C=O) groups excluding carboxylic acids is 3. The highest BCUT2D eigenvalue weighted by Crippen LogP contribution is 2.54. The predicted molar refractivity (Wildman–Crippen MR) is 145 cm³/mol. The van der Waals surface area contributed by atoms with Gasteiger partial charge in [0.2, 0.25) is 5.91 Å². The standard InChI is InChI=1S/C28H31N9O3/c1-16(32-15-24(38)37-10-4-5-19(37)14-29)13-28(27-33-35-36-34-27)22-8-6-17(25(39)30-2)11-20(22)21-12-18(26(40)31-3)7-9-23(21)28/h6-9,11-12,16,19,32H,4-5,10,13,15H2,1-3H3,(H,30,39)(H,31,40)(H,33,34,35,36)/t16-,19?/m0/s1. The molecule has 5 rings (SSSR count). The van der Waals surface area contributed by atoms with E-state index in [9.17, 15) is 19.6 Å². The molecule has 1 aromatic heterocycles. The van der Waals surface area contributed by atoms with Crippen molar-refractivity contribution in [3.8, 4) is 17.2 Å². The van der Waals surface area contributed by atoms with Gasteiger partial charge in [0.05, 0.1) is 18.0 Å². The van der Waals surface area contributed by atoms with Gasteiger partial charge in [-0.2, -0.15) is 10.5 Å². The van der Waals surface area contributed by atoms with Gasteiger partial charge in [-0.15, -0.1) is 10.2 Å². The molecule has 2 atom stereocenters. The van der Waals surface area contributed by atoms with Crippen LogP contribution in [0.3, 0.4) is 0 Å². The third-order valence-electron chi connectivity index (χ3n) is 7.89. The van der Waals surface area contributed by atoms with Gasteiger partial charge in [-0.05, 0) is 72.7 Å². The summed E-state index contributed by atoms with van der Waals surface area (Å²) < 4.78 is 0. The van der Waals surface area contributed by atoms with Crippen LogP contribution in [0.25, 0.3) is 11.1 Å². The molecule has 2 aliphatic rings. The number of hydrogen-bond acceptors (Lipinski definition) is 8. The number of rotatable bonds is 8. The Morgan fingerprint density at radius 3 is 2.25 bits per heavy atom. The second kappa shape index (κ2) is 10.9. The van der Waals surface area contributed by atoms with Crippen molar-refractivity contribution in [2.45, 2.75) is 43.7 Å². The normalized spacial score (nSPS) is 17.4. The number of benzene rings is 2. The van der Waals surface area contributed by atoms with Crippen LogP contribution >= 0.6 is 0 Å². The van der Waals surface area contributed by atoms with Crippen LogP contribution in [0.2, 0.25) is 0 Å². The molecule has 206 valence electrons. The summed E-state index contributed by atoms with van der Waals surface area (Å²) in [5.41, 5.74) is 3.42. The maximum Gasteiger partial charge on any atom is 0.251 e. The predicted octanol–water partition coefficient (Wildman–Crippen LogP) is 1.12. The Morgan fingerprint density at radius 2 is 1.73 bits per heavy atom. The molecule has 0 spiro atoms. The summed E-state index contributed by atoms with van der Waals surface area (Å²) in [6, 6.07) is 12.6. The highest BCUT2D eigenvalue weighted by molar-refractivity contribution is 5.99. The molecule has 12 nitrogen and oxygen atoms in total. The van der Waals surface area contributed by atoms with Gasteiger partial charge in [-0.25, -0.2) is 0 Å². The quantitative estimate of drug-likeness (QED) is 0.329. The number of aromatic nitrogens is 4. The number of aromatic amines is 1. The molecular formula is C28H31N9O3. The maximum absolute atomic E-state index is 12.9. The lowest BCUT2D eigenvalue weighted by Gasteiger charge is -2.32. The van der Waals surface area contributed by atoms with Gasteiger partial charge in [-0.3, -0.25) is 14.4 Å². The van der Waals surface area contributed by atoms with Crippen LogP contribution in [0, 0.1) is 11.3 Å². The summed E-state index contributed by atoms with van der Waals surface area (Å²) >= 11 is 0. The zero-order valence-corrected chi connectivity index (χ0v) is 22.6. The first-order valence-corrected chi connectivity index (χ1v) is 13.2. The van der Waals surface area contributed by atoms with Crippen LogP contribution in [0.15, 0.2) is 36.4 Å². The van der Waals surface area contributed by atoms with Gasteiger partial charge in [0.25, 0.3) is 11.8 Å². The Bertz CT molecular complexity index is 1430. The van der Waals surface area contributed by atoms with E-state index in [1.165, 1.54) is 0 Å². The van der Waals surface area contributed by atoms with Crippen molar-refractivity contribution < 1.29 is 14.4 Å². The molecule has 2 heterocycles. The topological polar surface area (TPSA) is 169 Å². The van der Waals surface area contributed by atoms with Gasteiger partial charge in [0, 0.05) is 37.8 Å². The first kappa shape index (κ1) is 27.0. The van der Waals surface area contributed by atoms with Gasteiger partial charge in [-0.1, -0.05) is 17.3 Å². The summed E-state index contributed by atoms with van der Waals surface area (Å²) in [6.07, 6.45) is 1.98. The molecule has 12 heteroatoms. The average molecular weight is 542 g/mol. The zero-order chi connectivity index (χ0) is 28.4. The number of H-pyrrole nitrogens is 1. The fraction of sp³-hybridized carbons (Fsp3) is 0.393. The Hall–Kier alpha value is -4.63. The van der Waals surface area contributed by atoms with Crippen LogP contribution in [0.5, 0.6) is 0 Å². The van der Waals surface area contributed by atoms with Crippen LogP contribution in [-0.2, 0) is 10.2 Å². The van der Waals surface area contributed by atoms with Crippen molar-refractivity contribution in [1.29, 1.82) is 5.26 Å². The summed E-state index contributed by atoms with van der Waals surface area (Å²) in [5, 5.41) is 33.3. The van der Waals surface area contributed by atoms with Gasteiger partial charge in [0.15, 0.2) is 5.82 Å². The van der Waals surface area contributed by atoms with Crippen LogP contribution in [-0.4, -0.2) is 82.5 Å². The van der Waals surface area contributed by atoms with Crippen LogP contribution < -0.4 is 16.0 Å². The van der Waals surface area contributed by atoms with E-state index < -0.39 is 5.41 Å². The molecule has 1 unspecified atom stereocenters. The smallest absolute Gasteiger partial charge is 0.251 e. The Labute approximate surface area is 231 Å². The molecule has 1 fully saturated rings. The van der Waals surface area contributed by atoms with E-state index in [0.717, 1.165) is 28.7 Å². The molecule has 4 N–H and O–H groups in total. The monoisotopic (exact) mass is 541 g/mol. The lowest BCUT2D eigenvalue weighted by molar-refractivity contribution is -0.130. The fourth-order valence-corrected chi connectivity index (χ4v) is 5.98. The molecule has 1 aliphatic carbocycles. The number of nitrogens with zero attached hydrogens (tertiary/aromatic N) is 5. The molecule has 3 amide bonds. The molecule has 1 aliphatic heterocycles. The number of nitriles is 1. The SMILES string of the molecule is CNC(=O)c1ccc2c(c1)-c1cc(C(=O)NC)ccc1C2(C[C@H](C)NCC(=O)N1CCCC1C#N)c1nn[nH]n1. The minimum absolute atomic E-state index is 0.0899. The van der Waals surface area contributed by atoms with Gasteiger partial charge >= 0.3 is 0 Å². The number of amides is 3. The Morgan fingerprint density at radius 1 is 1.10 bits per heavy atom. The molecule has 0 bridgehead atoms. The molecular weight excluding hydrogens is 510 g/mol. The van der Waals surface area contributed by atoms with Crippen molar-refractivity contribution in [2.75, 3.05) is 27.2 Å².